The number of carbonyl (C=O) groups excluding carboxylic acids is 1. The molecule has 1 N–H and O–H groups in total. The van der Waals surface area contributed by atoms with Gasteiger partial charge >= 0.3 is 6.16 Å². The lowest BCUT2D eigenvalue weighted by Crippen LogP contribution is -2.34. The maximum absolute atomic E-state index is 11.0. The Morgan fingerprint density at radius 2 is 2.06 bits per heavy atom. The summed E-state index contributed by atoms with van der Waals surface area (Å²) < 4.78 is 14.4. The average molecular weight is 234 g/mol. The zero-order valence-corrected chi connectivity index (χ0v) is 9.60. The Morgan fingerprint density at radius 1 is 1.44 bits per heavy atom. The summed E-state index contributed by atoms with van der Waals surface area (Å²) in [5.41, 5.74) is -0.807. The molecule has 0 fully saturated rings. The fourth-order valence-electron chi connectivity index (χ4n) is 1.09. The van der Waals surface area contributed by atoms with E-state index in [1.54, 1.807) is 6.92 Å². The second kappa shape index (κ2) is 7.95. The number of hydrogen-bond donors (Lipinski definition) is 1. The Morgan fingerprint density at radius 3 is 2.56 bits per heavy atom. The summed E-state index contributed by atoms with van der Waals surface area (Å²) in [6, 6.07) is 0. The van der Waals surface area contributed by atoms with Gasteiger partial charge in [0.1, 0.15) is 5.60 Å². The van der Waals surface area contributed by atoms with Crippen molar-refractivity contribution in [3.8, 4) is 0 Å². The first-order valence-corrected chi connectivity index (χ1v) is 4.84. The van der Waals surface area contributed by atoms with E-state index in [-0.39, 0.29) is 6.61 Å². The summed E-state index contributed by atoms with van der Waals surface area (Å²) in [6.07, 6.45) is 1.30. The van der Waals surface area contributed by atoms with Crippen molar-refractivity contribution in [3.63, 3.8) is 0 Å². The predicted molar refractivity (Wildman–Crippen MR) is 55.9 cm³/mol. The first kappa shape index (κ1) is 14.7. The summed E-state index contributed by atoms with van der Waals surface area (Å²) in [4.78, 5) is 15.0. The van der Waals surface area contributed by atoms with Gasteiger partial charge in [0.2, 0.25) is 0 Å². The van der Waals surface area contributed by atoms with Gasteiger partial charge in [-0.2, -0.15) is 0 Å². The molecule has 0 rings (SSSR count). The van der Waals surface area contributed by atoms with E-state index in [2.05, 4.69) is 16.2 Å². The van der Waals surface area contributed by atoms with E-state index in [4.69, 9.17) is 14.7 Å². The third-order valence-corrected chi connectivity index (χ3v) is 2.09. The maximum Gasteiger partial charge on any atom is 0.508 e. The number of hydrogen-bond acceptors (Lipinski definition) is 6. The largest absolute Gasteiger partial charge is 0.508 e. The van der Waals surface area contributed by atoms with Crippen LogP contribution in [0.3, 0.4) is 0 Å². The van der Waals surface area contributed by atoms with E-state index >= 15 is 0 Å². The highest BCUT2D eigenvalue weighted by Crippen LogP contribution is 2.21. The van der Waals surface area contributed by atoms with Crippen LogP contribution in [0.25, 0.3) is 0 Å². The minimum atomic E-state index is -0.807. The van der Waals surface area contributed by atoms with Crippen LogP contribution in [0.4, 0.5) is 4.79 Å². The van der Waals surface area contributed by atoms with E-state index in [1.165, 1.54) is 13.4 Å². The minimum Gasteiger partial charge on any atom is -0.502 e. The molecule has 6 heteroatoms. The van der Waals surface area contributed by atoms with Gasteiger partial charge in [0.15, 0.2) is 0 Å². The molecule has 94 valence electrons. The molecule has 0 saturated carbocycles. The molecule has 0 aliphatic rings. The smallest absolute Gasteiger partial charge is 0.502 e. The van der Waals surface area contributed by atoms with Crippen LogP contribution in [0.5, 0.6) is 0 Å². The molecule has 0 aromatic rings. The molecule has 0 aromatic heterocycles. The van der Waals surface area contributed by atoms with Gasteiger partial charge in [0.05, 0.1) is 26.6 Å². The molecule has 1 atom stereocenters. The zero-order chi connectivity index (χ0) is 12.4. The molecule has 0 saturated heterocycles. The van der Waals surface area contributed by atoms with Gasteiger partial charge in [-0.05, 0) is 6.92 Å². The van der Waals surface area contributed by atoms with E-state index in [1.807, 2.05) is 0 Å². The Bertz CT molecular complexity index is 217. The molecule has 0 heterocycles. The van der Waals surface area contributed by atoms with Gasteiger partial charge in [0.25, 0.3) is 0 Å². The van der Waals surface area contributed by atoms with Crippen LogP contribution < -0.4 is 0 Å². The Labute approximate surface area is 94.7 Å². The van der Waals surface area contributed by atoms with Crippen molar-refractivity contribution in [1.29, 1.82) is 0 Å². The number of carbonyl (C=O) groups is 1. The van der Waals surface area contributed by atoms with Crippen LogP contribution in [-0.2, 0) is 19.1 Å². The predicted octanol–water partition coefficient (Wildman–Crippen LogP) is 1.96. The lowest BCUT2D eigenvalue weighted by atomic mass is 9.99. The first-order valence-electron chi connectivity index (χ1n) is 4.84. The second-order valence-corrected chi connectivity index (χ2v) is 3.38. The Hall–Kier alpha value is -1.27. The van der Waals surface area contributed by atoms with Crippen LogP contribution in [0, 0.1) is 0 Å². The van der Waals surface area contributed by atoms with Crippen LogP contribution in [-0.4, -0.2) is 37.3 Å². The average Bonchev–Trinajstić information content (AvgIpc) is 2.27. The van der Waals surface area contributed by atoms with Gasteiger partial charge in [0, 0.05) is 12.8 Å². The highest BCUT2D eigenvalue weighted by Gasteiger charge is 2.29. The fourth-order valence-corrected chi connectivity index (χ4v) is 1.09. The molecule has 0 aliphatic carbocycles. The third-order valence-electron chi connectivity index (χ3n) is 2.09. The van der Waals surface area contributed by atoms with Crippen molar-refractivity contribution >= 4 is 6.16 Å². The molecule has 16 heavy (non-hydrogen) atoms. The molecule has 1 unspecified atom stereocenters. The summed E-state index contributed by atoms with van der Waals surface area (Å²) in [5, 5.41) is 8.27. The summed E-state index contributed by atoms with van der Waals surface area (Å²) in [7, 11) is 1.23. The standard InChI is InChI=1S/C10H18O6/c1-4-14-7-5-10(2,6-8-15-12)16-9(11)13-3/h4,12H,1,5-8H2,2-3H3. The number of ether oxygens (including phenoxy) is 3. The minimum absolute atomic E-state index is 0.0571. The van der Waals surface area contributed by atoms with Crippen molar-refractivity contribution in [2.24, 2.45) is 0 Å². The Kier molecular flexibility index (Phi) is 7.32. The monoisotopic (exact) mass is 234 g/mol. The molecule has 6 nitrogen and oxygen atoms in total. The Balaban J connectivity index is 4.22. The number of methoxy groups -OCH3 is 1. The quantitative estimate of drug-likeness (QED) is 0.227. The third kappa shape index (κ3) is 6.26. The first-order chi connectivity index (χ1) is 7.58. The number of rotatable bonds is 8. The molecular weight excluding hydrogens is 216 g/mol. The van der Waals surface area contributed by atoms with E-state index in [0.29, 0.717) is 19.4 Å². The lowest BCUT2D eigenvalue weighted by molar-refractivity contribution is -0.249. The fraction of sp³-hybridized carbons (Fsp3) is 0.700. The SMILES string of the molecule is C=COCCC(C)(CCOO)OC(=O)OC. The van der Waals surface area contributed by atoms with Crippen LogP contribution in [0.15, 0.2) is 12.8 Å². The van der Waals surface area contributed by atoms with Crippen molar-refractivity contribution in [2.45, 2.75) is 25.4 Å². The van der Waals surface area contributed by atoms with Crippen LogP contribution in [0.1, 0.15) is 19.8 Å². The highest BCUT2D eigenvalue weighted by molar-refractivity contribution is 5.60. The van der Waals surface area contributed by atoms with Gasteiger partial charge in [-0.25, -0.2) is 9.68 Å². The van der Waals surface area contributed by atoms with Crippen LogP contribution >= 0.6 is 0 Å². The topological polar surface area (TPSA) is 74.2 Å². The van der Waals surface area contributed by atoms with E-state index < -0.39 is 11.8 Å². The zero-order valence-electron chi connectivity index (χ0n) is 9.60. The molecule has 0 spiro atoms. The maximum atomic E-state index is 11.0. The summed E-state index contributed by atoms with van der Waals surface area (Å²) in [5.74, 6) is 0. The summed E-state index contributed by atoms with van der Waals surface area (Å²) in [6.45, 7) is 5.51. The van der Waals surface area contributed by atoms with E-state index in [9.17, 15) is 4.79 Å². The molecule has 0 bridgehead atoms. The molecule has 0 amide bonds. The van der Waals surface area contributed by atoms with Crippen LogP contribution in [0.2, 0.25) is 0 Å². The normalized spacial score (nSPS) is 13.7. The van der Waals surface area contributed by atoms with Crippen molar-refractivity contribution < 1.29 is 29.1 Å². The molecule has 0 aliphatic heterocycles. The summed E-state index contributed by atoms with van der Waals surface area (Å²) >= 11 is 0. The van der Waals surface area contributed by atoms with Gasteiger partial charge < -0.3 is 14.2 Å². The van der Waals surface area contributed by atoms with E-state index in [0.717, 1.165) is 0 Å². The van der Waals surface area contributed by atoms with Crippen molar-refractivity contribution in [2.75, 3.05) is 20.3 Å². The molecule has 0 aromatic carbocycles. The lowest BCUT2D eigenvalue weighted by Gasteiger charge is -2.27. The van der Waals surface area contributed by atoms with Gasteiger partial charge in [-0.15, -0.1) is 0 Å². The second-order valence-electron chi connectivity index (χ2n) is 3.38. The highest BCUT2D eigenvalue weighted by atomic mass is 17.1. The van der Waals surface area contributed by atoms with Crippen molar-refractivity contribution in [1.82, 2.24) is 0 Å². The van der Waals surface area contributed by atoms with Gasteiger partial charge in [-0.1, -0.05) is 6.58 Å². The van der Waals surface area contributed by atoms with Gasteiger partial charge in [-0.3, -0.25) is 5.26 Å². The molecule has 0 radical (unpaired) electrons. The molecular formula is C10H18O6. The van der Waals surface area contributed by atoms with Crippen molar-refractivity contribution in [3.05, 3.63) is 12.8 Å².